The standard InChI is InChI=1S/C8H18.2C7H16.3C6H14.2C5H12.C4H10/c1-7(2,3)8(4,5)6;2*1-6(2)7(3,4)5;2*1-5-6(2,3)4;1-5(2)6(3)4;2*1-4-5(2)3;1-3-4-2/h1-6H3;2*6H,1-5H3;2*5H2,1-4H3;5-6H,1-4H3;2*5H,4H2,1-3H3;3-4H2,1-2H3. The Labute approximate surface area is 354 Å². The van der Waals surface area contributed by atoms with Crippen molar-refractivity contribution < 1.29 is 0 Å². The van der Waals surface area contributed by atoms with Crippen molar-refractivity contribution in [1.82, 2.24) is 0 Å². The lowest BCUT2D eigenvalue weighted by Crippen LogP contribution is -2.25. The van der Waals surface area contributed by atoms with E-state index in [9.17, 15) is 0 Å². The van der Waals surface area contributed by atoms with E-state index in [1.165, 1.54) is 38.5 Å². The molecule has 0 aromatic heterocycles. The summed E-state index contributed by atoms with van der Waals surface area (Å²) < 4.78 is 0. The highest BCUT2D eigenvalue weighted by Gasteiger charge is 2.26. The minimum atomic E-state index is 0.437. The first-order chi connectivity index (χ1) is 23.4. The van der Waals surface area contributed by atoms with E-state index in [2.05, 4.69) is 249 Å². The Kier molecular flexibility index (Phi) is 55.2. The van der Waals surface area contributed by atoms with Crippen molar-refractivity contribution in [2.45, 2.75) is 288 Å². The zero-order valence-electron chi connectivity index (χ0n) is 46.7. The van der Waals surface area contributed by atoms with E-state index in [1.54, 1.807) is 0 Å². The molecule has 0 aromatic rings. The molecule has 342 valence electrons. The third-order valence-electron chi connectivity index (χ3n) is 11.3. The van der Waals surface area contributed by atoms with Gasteiger partial charge in [-0.05, 0) is 68.0 Å². The molecule has 0 atom stereocenters. The first-order valence-electron chi connectivity index (χ1n) is 23.4. The lowest BCUT2D eigenvalue weighted by atomic mass is 9.71. The average molecular weight is 776 g/mol. The third-order valence-corrected chi connectivity index (χ3v) is 11.3. The van der Waals surface area contributed by atoms with E-state index in [1.807, 2.05) is 0 Å². The van der Waals surface area contributed by atoms with Crippen LogP contribution in [0.4, 0.5) is 0 Å². The van der Waals surface area contributed by atoms with Crippen LogP contribution in [0.1, 0.15) is 288 Å². The van der Waals surface area contributed by atoms with Crippen LogP contribution in [-0.2, 0) is 0 Å². The maximum Gasteiger partial charge on any atom is -0.0334 e. The minimum absolute atomic E-state index is 0.437. The molecule has 0 bridgehead atoms. The SMILES string of the molecule is CC(C)(C)C(C)(C)C.CC(C)C(C)(C)C.CC(C)C(C)(C)C.CC(C)C(C)C.CCC(C)(C)C.CCC(C)(C)C.CCC(C)C.CCC(C)C.CCCC. The van der Waals surface area contributed by atoms with Crippen LogP contribution in [0, 0.1) is 68.0 Å². The Morgan fingerprint density at radius 3 is 0.407 bits per heavy atom. The zero-order valence-corrected chi connectivity index (χ0v) is 46.7. The van der Waals surface area contributed by atoms with E-state index in [0.29, 0.717) is 32.5 Å². The van der Waals surface area contributed by atoms with E-state index in [0.717, 1.165) is 35.5 Å². The summed E-state index contributed by atoms with van der Waals surface area (Å²) in [5.74, 6) is 5.07. The first kappa shape index (κ1) is 74.9. The predicted octanol–water partition coefficient (Wildman–Crippen LogP) is 21.6. The monoisotopic (exact) mass is 775 g/mol. The molecule has 0 aliphatic rings. The van der Waals surface area contributed by atoms with Crippen LogP contribution in [-0.4, -0.2) is 0 Å². The van der Waals surface area contributed by atoms with Crippen molar-refractivity contribution in [3.05, 3.63) is 0 Å². The Bertz CT molecular complexity index is 580. The van der Waals surface area contributed by atoms with Crippen LogP contribution in [0.25, 0.3) is 0 Å². The van der Waals surface area contributed by atoms with E-state index < -0.39 is 0 Å². The van der Waals surface area contributed by atoms with Gasteiger partial charge in [0.1, 0.15) is 0 Å². The highest BCUT2D eigenvalue weighted by molar-refractivity contribution is 4.77. The van der Waals surface area contributed by atoms with Gasteiger partial charge in [0.15, 0.2) is 0 Å². The summed E-state index contributed by atoms with van der Waals surface area (Å²) in [6, 6.07) is 0. The zero-order chi connectivity index (χ0) is 46.7. The fraction of sp³-hybridized carbons (Fsp3) is 1.00. The van der Waals surface area contributed by atoms with Gasteiger partial charge >= 0.3 is 0 Å². The molecular formula is C54H126. The summed E-state index contributed by atoms with van der Waals surface area (Å²) in [5, 5.41) is 0. The number of rotatable bonds is 4. The number of hydrogen-bond donors (Lipinski definition) is 0. The first-order valence-corrected chi connectivity index (χ1v) is 23.4. The quantitative estimate of drug-likeness (QED) is 0.267. The van der Waals surface area contributed by atoms with E-state index in [-0.39, 0.29) is 0 Å². The van der Waals surface area contributed by atoms with Crippen molar-refractivity contribution in [1.29, 1.82) is 0 Å². The average Bonchev–Trinajstić information content (AvgIpc) is 2.96. The summed E-state index contributed by atoms with van der Waals surface area (Å²) in [4.78, 5) is 0. The third kappa shape index (κ3) is 104. The molecule has 0 heteroatoms. The van der Waals surface area contributed by atoms with Gasteiger partial charge < -0.3 is 0 Å². The summed E-state index contributed by atoms with van der Waals surface area (Å²) >= 11 is 0. The Morgan fingerprint density at radius 1 is 0.296 bits per heavy atom. The second-order valence-electron chi connectivity index (χ2n) is 24.5. The Hall–Kier alpha value is 0. The van der Waals surface area contributed by atoms with Gasteiger partial charge in [-0.1, -0.05) is 288 Å². The van der Waals surface area contributed by atoms with Gasteiger partial charge in [-0.25, -0.2) is 0 Å². The molecule has 0 aromatic carbocycles. The molecular weight excluding hydrogens is 649 g/mol. The van der Waals surface area contributed by atoms with Gasteiger partial charge in [-0.3, -0.25) is 0 Å². The molecule has 54 heavy (non-hydrogen) atoms. The van der Waals surface area contributed by atoms with Gasteiger partial charge in [0.05, 0.1) is 0 Å². The molecule has 0 aliphatic heterocycles. The Balaban J connectivity index is -0.0000000606. The molecule has 0 heterocycles. The van der Waals surface area contributed by atoms with Crippen LogP contribution < -0.4 is 0 Å². The van der Waals surface area contributed by atoms with Crippen LogP contribution in [0.3, 0.4) is 0 Å². The molecule has 0 nitrogen and oxygen atoms in total. The molecule has 0 unspecified atom stereocenters. The highest BCUT2D eigenvalue weighted by Crippen LogP contribution is 2.36. The smallest absolute Gasteiger partial charge is 0.0334 e. The molecule has 0 N–H and O–H groups in total. The van der Waals surface area contributed by atoms with Gasteiger partial charge in [0.2, 0.25) is 0 Å². The van der Waals surface area contributed by atoms with Crippen molar-refractivity contribution in [3.63, 3.8) is 0 Å². The van der Waals surface area contributed by atoms with Crippen molar-refractivity contribution >= 4 is 0 Å². The van der Waals surface area contributed by atoms with Gasteiger partial charge in [0, 0.05) is 0 Å². The van der Waals surface area contributed by atoms with Crippen LogP contribution in [0.2, 0.25) is 0 Å². The number of hydrogen-bond acceptors (Lipinski definition) is 0. The minimum Gasteiger partial charge on any atom is -0.0654 e. The molecule has 0 rings (SSSR count). The summed E-state index contributed by atoms with van der Waals surface area (Å²) in [7, 11) is 0. The van der Waals surface area contributed by atoms with Gasteiger partial charge in [-0.15, -0.1) is 0 Å². The highest BCUT2D eigenvalue weighted by atomic mass is 14.3. The summed E-state index contributed by atoms with van der Waals surface area (Å²) in [6.07, 6.45) is 7.79. The lowest BCUT2D eigenvalue weighted by molar-refractivity contribution is 0.157. The molecule has 0 saturated heterocycles. The molecule has 0 aliphatic carbocycles. The maximum atomic E-state index is 2.27. The predicted molar refractivity (Wildman–Crippen MR) is 268 cm³/mol. The Morgan fingerprint density at radius 2 is 0.407 bits per heavy atom. The number of unbranched alkanes of at least 4 members (excludes halogenated alkanes) is 1. The fourth-order valence-corrected chi connectivity index (χ4v) is 0. The fourth-order valence-electron chi connectivity index (χ4n) is 0. The molecule has 0 radical (unpaired) electrons. The molecule has 0 fully saturated rings. The largest absolute Gasteiger partial charge is 0.0654 e. The molecule has 0 spiro atoms. The van der Waals surface area contributed by atoms with Crippen LogP contribution >= 0.6 is 0 Å². The maximum absolute atomic E-state index is 2.27. The normalized spacial score (nSPS) is 11.7. The van der Waals surface area contributed by atoms with Gasteiger partial charge in [-0.2, -0.15) is 0 Å². The topological polar surface area (TPSA) is 0 Å². The lowest BCUT2D eigenvalue weighted by Gasteiger charge is -2.34. The molecule has 0 saturated carbocycles. The van der Waals surface area contributed by atoms with Crippen molar-refractivity contribution in [2.24, 2.45) is 68.0 Å². The second-order valence-corrected chi connectivity index (χ2v) is 24.5. The summed E-state index contributed by atoms with van der Waals surface area (Å²) in [5.41, 5.74) is 2.96. The van der Waals surface area contributed by atoms with Crippen LogP contribution in [0.15, 0.2) is 0 Å². The summed E-state index contributed by atoms with van der Waals surface area (Å²) in [6.45, 7) is 80.7. The molecule has 0 amide bonds. The van der Waals surface area contributed by atoms with Crippen LogP contribution in [0.5, 0.6) is 0 Å². The second kappa shape index (κ2) is 39.8. The van der Waals surface area contributed by atoms with Gasteiger partial charge in [0.25, 0.3) is 0 Å². The van der Waals surface area contributed by atoms with Crippen molar-refractivity contribution in [2.75, 3.05) is 0 Å². The van der Waals surface area contributed by atoms with Crippen molar-refractivity contribution in [3.8, 4) is 0 Å². The van der Waals surface area contributed by atoms with E-state index in [4.69, 9.17) is 0 Å². The van der Waals surface area contributed by atoms with E-state index >= 15 is 0 Å².